The molecule has 1 aromatic heterocycles. The van der Waals surface area contributed by atoms with Crippen LogP contribution in [0.5, 0.6) is 0 Å². The van der Waals surface area contributed by atoms with E-state index < -0.39 is 0 Å². The first-order chi connectivity index (χ1) is 6.15. The molecule has 1 unspecified atom stereocenters. The summed E-state index contributed by atoms with van der Waals surface area (Å²) in [5.41, 5.74) is 2.85. The smallest absolute Gasteiger partial charge is 0.158 e. The maximum atomic E-state index is 11.2. The number of nitrogens with zero attached hydrogens (tertiary/aromatic N) is 1. The molecule has 13 heavy (non-hydrogen) atoms. The summed E-state index contributed by atoms with van der Waals surface area (Å²) in [6, 6.07) is 0. The Morgan fingerprint density at radius 1 is 1.85 bits per heavy atom. The van der Waals surface area contributed by atoms with E-state index in [9.17, 15) is 4.79 Å². The summed E-state index contributed by atoms with van der Waals surface area (Å²) in [7, 11) is 0. The first-order valence-electron chi connectivity index (χ1n) is 4.20. The van der Waals surface area contributed by atoms with Crippen molar-refractivity contribution in [3.05, 3.63) is 28.7 Å². The molecule has 0 amide bonds. The largest absolute Gasteiger partial charge is 0.295 e. The lowest BCUT2D eigenvalue weighted by molar-refractivity contribution is -0.117. The van der Waals surface area contributed by atoms with Crippen LogP contribution < -0.4 is 0 Å². The first kappa shape index (κ1) is 10.1. The maximum Gasteiger partial charge on any atom is 0.158 e. The van der Waals surface area contributed by atoms with Crippen molar-refractivity contribution in [2.24, 2.45) is 5.92 Å². The third kappa shape index (κ3) is 2.49. The van der Waals surface area contributed by atoms with Crippen molar-refractivity contribution in [3.63, 3.8) is 0 Å². The molecule has 0 aliphatic rings. The summed E-state index contributed by atoms with van der Waals surface area (Å²) < 4.78 is 0. The van der Waals surface area contributed by atoms with Crippen molar-refractivity contribution in [1.82, 2.24) is 4.98 Å². The number of carbonyl (C=O) groups is 1. The van der Waals surface area contributed by atoms with Gasteiger partial charge in [0.2, 0.25) is 0 Å². The fourth-order valence-corrected chi connectivity index (χ4v) is 2.01. The minimum absolute atomic E-state index is 0.0247. The summed E-state index contributed by atoms with van der Waals surface area (Å²) in [5, 5.41) is 0. The lowest BCUT2D eigenvalue weighted by atomic mass is 10.0. The molecule has 0 saturated carbocycles. The number of thiazole rings is 1. The van der Waals surface area contributed by atoms with Gasteiger partial charge in [-0.25, -0.2) is 4.98 Å². The number of hydrogen-bond acceptors (Lipinski definition) is 3. The normalized spacial score (nSPS) is 12.5. The summed E-state index contributed by atoms with van der Waals surface area (Å²) in [6.07, 6.45) is 2.17. The summed E-state index contributed by atoms with van der Waals surface area (Å²) in [5.74, 6) is 0.129. The van der Waals surface area contributed by atoms with E-state index in [-0.39, 0.29) is 11.7 Å². The fraction of sp³-hybridized carbons (Fsp3) is 0.400. The molecular weight excluding hydrogens is 182 g/mol. The number of ketones is 1. The Balaban J connectivity index is 2.64. The number of carbonyl (C=O) groups excluding carboxylic acids is 1. The molecule has 0 N–H and O–H groups in total. The second-order valence-electron chi connectivity index (χ2n) is 3.07. The maximum absolute atomic E-state index is 11.2. The predicted molar refractivity (Wildman–Crippen MR) is 54.9 cm³/mol. The zero-order valence-electron chi connectivity index (χ0n) is 7.91. The van der Waals surface area contributed by atoms with Gasteiger partial charge in [-0.05, 0) is 19.4 Å². The highest BCUT2D eigenvalue weighted by atomic mass is 32.1. The Labute approximate surface area is 82.3 Å². The van der Waals surface area contributed by atoms with E-state index in [1.54, 1.807) is 11.3 Å². The van der Waals surface area contributed by atoms with Gasteiger partial charge >= 0.3 is 0 Å². The van der Waals surface area contributed by atoms with Gasteiger partial charge in [0.1, 0.15) is 0 Å². The summed E-state index contributed by atoms with van der Waals surface area (Å²) in [4.78, 5) is 16.5. The van der Waals surface area contributed by atoms with Gasteiger partial charge in [-0.3, -0.25) is 4.79 Å². The lowest BCUT2D eigenvalue weighted by Gasteiger charge is -2.05. The van der Waals surface area contributed by atoms with Crippen LogP contribution in [0.3, 0.4) is 0 Å². The van der Waals surface area contributed by atoms with Crippen LogP contribution >= 0.6 is 11.3 Å². The van der Waals surface area contributed by atoms with Gasteiger partial charge in [0, 0.05) is 10.8 Å². The molecule has 0 bridgehead atoms. The van der Waals surface area contributed by atoms with Crippen LogP contribution in [0, 0.1) is 12.8 Å². The van der Waals surface area contributed by atoms with Crippen molar-refractivity contribution in [1.29, 1.82) is 0 Å². The standard InChI is InChI=1S/C10H13NOS/c1-4-9(12)7(2)5-10-8(3)11-6-13-10/h4,6-7H,1,5H2,2-3H3. The monoisotopic (exact) mass is 195 g/mol. The Kier molecular flexibility index (Phi) is 3.37. The fourth-order valence-electron chi connectivity index (χ4n) is 1.10. The van der Waals surface area contributed by atoms with Gasteiger partial charge in [-0.2, -0.15) is 0 Å². The SMILES string of the molecule is C=CC(=O)C(C)Cc1scnc1C. The van der Waals surface area contributed by atoms with E-state index in [0.29, 0.717) is 0 Å². The molecule has 1 heterocycles. The Morgan fingerprint density at radius 2 is 2.54 bits per heavy atom. The lowest BCUT2D eigenvalue weighted by Crippen LogP contribution is -2.10. The number of aromatic nitrogens is 1. The molecule has 0 fully saturated rings. The molecule has 0 saturated heterocycles. The molecule has 70 valence electrons. The van der Waals surface area contributed by atoms with E-state index in [0.717, 1.165) is 12.1 Å². The third-order valence-electron chi connectivity index (χ3n) is 2.02. The topological polar surface area (TPSA) is 30.0 Å². The molecule has 0 spiro atoms. The van der Waals surface area contributed by atoms with Crippen LogP contribution in [0.2, 0.25) is 0 Å². The Hall–Kier alpha value is -0.960. The van der Waals surface area contributed by atoms with Crippen LogP contribution in [0.15, 0.2) is 18.2 Å². The molecular formula is C10H13NOS. The second-order valence-corrected chi connectivity index (χ2v) is 4.01. The highest BCUT2D eigenvalue weighted by Crippen LogP contribution is 2.17. The van der Waals surface area contributed by atoms with E-state index in [1.807, 2.05) is 19.4 Å². The van der Waals surface area contributed by atoms with Gasteiger partial charge < -0.3 is 0 Å². The van der Waals surface area contributed by atoms with Crippen LogP contribution in [-0.4, -0.2) is 10.8 Å². The number of aryl methyl sites for hydroxylation is 1. The molecule has 1 rings (SSSR count). The van der Waals surface area contributed by atoms with Crippen molar-refractivity contribution in [3.8, 4) is 0 Å². The quantitative estimate of drug-likeness (QED) is 0.690. The average molecular weight is 195 g/mol. The van der Waals surface area contributed by atoms with Gasteiger partial charge in [0.15, 0.2) is 5.78 Å². The van der Waals surface area contributed by atoms with Gasteiger partial charge in [0.05, 0.1) is 11.2 Å². The molecule has 0 aliphatic heterocycles. The van der Waals surface area contributed by atoms with E-state index in [1.165, 1.54) is 11.0 Å². The molecule has 0 aromatic carbocycles. The molecule has 0 radical (unpaired) electrons. The van der Waals surface area contributed by atoms with Gasteiger partial charge in [-0.15, -0.1) is 11.3 Å². The Morgan fingerprint density at radius 3 is 3.00 bits per heavy atom. The zero-order valence-corrected chi connectivity index (χ0v) is 8.73. The molecule has 1 aromatic rings. The van der Waals surface area contributed by atoms with Crippen molar-refractivity contribution in [2.75, 3.05) is 0 Å². The van der Waals surface area contributed by atoms with Gasteiger partial charge in [-0.1, -0.05) is 13.5 Å². The summed E-state index contributed by atoms with van der Waals surface area (Å²) >= 11 is 1.61. The van der Waals surface area contributed by atoms with Crippen molar-refractivity contribution < 1.29 is 4.79 Å². The highest BCUT2D eigenvalue weighted by Gasteiger charge is 2.12. The average Bonchev–Trinajstić information content (AvgIpc) is 2.50. The van der Waals surface area contributed by atoms with E-state index in [2.05, 4.69) is 11.6 Å². The first-order valence-corrected chi connectivity index (χ1v) is 5.08. The second kappa shape index (κ2) is 4.33. The van der Waals surface area contributed by atoms with Crippen LogP contribution in [0.25, 0.3) is 0 Å². The van der Waals surface area contributed by atoms with Crippen LogP contribution in [-0.2, 0) is 11.2 Å². The number of rotatable bonds is 4. The summed E-state index contributed by atoms with van der Waals surface area (Å²) in [6.45, 7) is 7.36. The zero-order chi connectivity index (χ0) is 9.84. The minimum Gasteiger partial charge on any atom is -0.295 e. The Bertz CT molecular complexity index is 316. The highest BCUT2D eigenvalue weighted by molar-refractivity contribution is 7.09. The molecule has 1 atom stereocenters. The van der Waals surface area contributed by atoms with Crippen molar-refractivity contribution in [2.45, 2.75) is 20.3 Å². The van der Waals surface area contributed by atoms with E-state index >= 15 is 0 Å². The minimum atomic E-state index is 0.0247. The van der Waals surface area contributed by atoms with Crippen LogP contribution in [0.1, 0.15) is 17.5 Å². The number of allylic oxidation sites excluding steroid dienone is 1. The molecule has 3 heteroatoms. The van der Waals surface area contributed by atoms with Crippen LogP contribution in [0.4, 0.5) is 0 Å². The molecule has 2 nitrogen and oxygen atoms in total. The number of hydrogen-bond donors (Lipinski definition) is 0. The van der Waals surface area contributed by atoms with Gasteiger partial charge in [0.25, 0.3) is 0 Å². The third-order valence-corrected chi connectivity index (χ3v) is 2.98. The van der Waals surface area contributed by atoms with Crippen molar-refractivity contribution >= 4 is 17.1 Å². The molecule has 0 aliphatic carbocycles. The predicted octanol–water partition coefficient (Wildman–Crippen LogP) is 2.39. The van der Waals surface area contributed by atoms with E-state index in [4.69, 9.17) is 0 Å².